The maximum atomic E-state index is 12.6. The van der Waals surface area contributed by atoms with E-state index in [1.165, 1.54) is 18.4 Å². The van der Waals surface area contributed by atoms with Gasteiger partial charge < -0.3 is 10.1 Å². The van der Waals surface area contributed by atoms with Crippen molar-refractivity contribution in [3.8, 4) is 5.75 Å². The lowest BCUT2D eigenvalue weighted by molar-refractivity contribution is 0.0972. The Morgan fingerprint density at radius 2 is 1.73 bits per heavy atom. The molecule has 0 atom stereocenters. The van der Waals surface area contributed by atoms with Gasteiger partial charge in [0.25, 0.3) is 5.91 Å². The third-order valence-electron chi connectivity index (χ3n) is 4.54. The lowest BCUT2D eigenvalue weighted by atomic mass is 10.1. The molecule has 4 nitrogen and oxygen atoms in total. The van der Waals surface area contributed by atoms with Gasteiger partial charge in [-0.15, -0.1) is 0 Å². The molecule has 2 aromatic carbocycles. The van der Waals surface area contributed by atoms with Crippen molar-refractivity contribution in [3.63, 3.8) is 0 Å². The van der Waals surface area contributed by atoms with Gasteiger partial charge in [-0.05, 0) is 42.8 Å². The highest BCUT2D eigenvalue weighted by atomic mass is 32.1. The number of nitrogens with one attached hydrogen (secondary N) is 2. The minimum Gasteiger partial charge on any atom is -0.492 e. The van der Waals surface area contributed by atoms with Gasteiger partial charge in [-0.25, -0.2) is 0 Å². The fourth-order valence-electron chi connectivity index (χ4n) is 3.17. The van der Waals surface area contributed by atoms with Crippen LogP contribution in [0.5, 0.6) is 5.75 Å². The van der Waals surface area contributed by atoms with Gasteiger partial charge in [-0.2, -0.15) is 0 Å². The third-order valence-corrected chi connectivity index (χ3v) is 4.76. The summed E-state index contributed by atoms with van der Waals surface area (Å²) in [7, 11) is 0. The van der Waals surface area contributed by atoms with Crippen LogP contribution in [0, 0.1) is 0 Å². The average molecular weight is 369 g/mol. The first-order valence-corrected chi connectivity index (χ1v) is 9.51. The van der Waals surface area contributed by atoms with Gasteiger partial charge in [0.2, 0.25) is 0 Å². The number of benzene rings is 2. The number of thiocarbonyl (C=S) groups is 1. The van der Waals surface area contributed by atoms with Crippen LogP contribution in [0.1, 0.15) is 41.6 Å². The third kappa shape index (κ3) is 5.30. The molecule has 0 saturated heterocycles. The summed E-state index contributed by atoms with van der Waals surface area (Å²) in [5.74, 6) is 0.334. The summed E-state index contributed by atoms with van der Waals surface area (Å²) in [4.78, 5) is 12.6. The Bertz CT molecular complexity index is 743. The topological polar surface area (TPSA) is 50.4 Å². The Morgan fingerprint density at radius 3 is 2.50 bits per heavy atom. The Hall–Kier alpha value is -2.40. The molecule has 0 aliphatic heterocycles. The summed E-state index contributed by atoms with van der Waals surface area (Å²) in [5, 5.41) is 6.39. The van der Waals surface area contributed by atoms with Crippen molar-refractivity contribution in [3.05, 3.63) is 65.7 Å². The zero-order chi connectivity index (χ0) is 18.2. The molecule has 1 aliphatic carbocycles. The molecular weight excluding hydrogens is 344 g/mol. The number of hydrogen-bond donors (Lipinski definition) is 2. The summed E-state index contributed by atoms with van der Waals surface area (Å²) in [6.45, 7) is 0.513. The van der Waals surface area contributed by atoms with Crippen LogP contribution in [0.3, 0.4) is 0 Å². The second kappa shape index (κ2) is 9.34. The standard InChI is InChI=1S/C21H24N2O2S/c24-20(23-21(26)22-17-10-4-5-11-17)18-12-6-7-13-19(18)25-15-14-16-8-2-1-3-9-16/h1-3,6-9,12-13,17H,4-5,10-11,14-15H2,(H2,22,23,24,26). The molecule has 0 unspecified atom stereocenters. The molecule has 0 heterocycles. The van der Waals surface area contributed by atoms with E-state index in [0.717, 1.165) is 19.3 Å². The van der Waals surface area contributed by atoms with Crippen LogP contribution in [0.4, 0.5) is 0 Å². The minimum atomic E-state index is -0.240. The van der Waals surface area contributed by atoms with E-state index in [4.69, 9.17) is 17.0 Å². The highest BCUT2D eigenvalue weighted by Crippen LogP contribution is 2.19. The minimum absolute atomic E-state index is 0.240. The molecule has 0 spiro atoms. The molecule has 5 heteroatoms. The number of para-hydroxylation sites is 1. The number of carbonyl (C=O) groups is 1. The number of ether oxygens (including phenoxy) is 1. The SMILES string of the molecule is O=C(NC(=S)NC1CCCC1)c1ccccc1OCCc1ccccc1. The first-order valence-electron chi connectivity index (χ1n) is 9.10. The van der Waals surface area contributed by atoms with Crippen molar-refractivity contribution in [1.29, 1.82) is 0 Å². The maximum Gasteiger partial charge on any atom is 0.261 e. The van der Waals surface area contributed by atoms with Crippen molar-refractivity contribution in [2.45, 2.75) is 38.1 Å². The van der Waals surface area contributed by atoms with Gasteiger partial charge in [0.05, 0.1) is 12.2 Å². The Balaban J connectivity index is 1.55. The quantitative estimate of drug-likeness (QED) is 0.761. The summed E-state index contributed by atoms with van der Waals surface area (Å²) in [6, 6.07) is 17.8. The van der Waals surface area contributed by atoms with Gasteiger partial charge in [0.15, 0.2) is 5.11 Å². The van der Waals surface area contributed by atoms with E-state index in [2.05, 4.69) is 22.8 Å². The molecule has 0 aromatic heterocycles. The molecule has 2 aromatic rings. The molecule has 1 saturated carbocycles. The summed E-state index contributed by atoms with van der Waals surface area (Å²) >= 11 is 5.28. The van der Waals surface area contributed by atoms with Gasteiger partial charge >= 0.3 is 0 Å². The highest BCUT2D eigenvalue weighted by molar-refractivity contribution is 7.80. The van der Waals surface area contributed by atoms with Gasteiger partial charge in [0.1, 0.15) is 5.75 Å². The predicted molar refractivity (Wildman–Crippen MR) is 108 cm³/mol. The lowest BCUT2D eigenvalue weighted by Gasteiger charge is -2.16. The van der Waals surface area contributed by atoms with Crippen molar-refractivity contribution in [1.82, 2.24) is 10.6 Å². The van der Waals surface area contributed by atoms with E-state index in [0.29, 0.717) is 29.1 Å². The van der Waals surface area contributed by atoms with Crippen LogP contribution in [-0.4, -0.2) is 23.7 Å². The first-order chi connectivity index (χ1) is 12.7. The highest BCUT2D eigenvalue weighted by Gasteiger charge is 2.18. The molecule has 26 heavy (non-hydrogen) atoms. The van der Waals surface area contributed by atoms with Crippen molar-refractivity contribution in [2.75, 3.05) is 6.61 Å². The average Bonchev–Trinajstić information content (AvgIpc) is 3.16. The van der Waals surface area contributed by atoms with Crippen LogP contribution in [-0.2, 0) is 6.42 Å². The fourth-order valence-corrected chi connectivity index (χ4v) is 3.43. The number of amides is 1. The Morgan fingerprint density at radius 1 is 1.04 bits per heavy atom. The number of carbonyl (C=O) groups excluding carboxylic acids is 1. The molecule has 2 N–H and O–H groups in total. The van der Waals surface area contributed by atoms with Gasteiger partial charge in [-0.3, -0.25) is 10.1 Å². The normalized spacial score (nSPS) is 14.0. The fraction of sp³-hybridized carbons (Fsp3) is 0.333. The number of rotatable bonds is 6. The van der Waals surface area contributed by atoms with E-state index in [1.54, 1.807) is 6.07 Å². The summed E-state index contributed by atoms with van der Waals surface area (Å²) < 4.78 is 5.85. The van der Waals surface area contributed by atoms with E-state index < -0.39 is 0 Å². The second-order valence-electron chi connectivity index (χ2n) is 6.49. The molecule has 0 radical (unpaired) electrons. The molecule has 1 aliphatic rings. The van der Waals surface area contributed by atoms with Crippen molar-refractivity contribution in [2.24, 2.45) is 0 Å². The van der Waals surface area contributed by atoms with Crippen LogP contribution < -0.4 is 15.4 Å². The van der Waals surface area contributed by atoms with E-state index >= 15 is 0 Å². The smallest absolute Gasteiger partial charge is 0.261 e. The van der Waals surface area contributed by atoms with Crippen LogP contribution in [0.25, 0.3) is 0 Å². The zero-order valence-electron chi connectivity index (χ0n) is 14.7. The largest absolute Gasteiger partial charge is 0.492 e. The van der Waals surface area contributed by atoms with Crippen LogP contribution >= 0.6 is 12.2 Å². The molecule has 1 fully saturated rings. The number of hydrogen-bond acceptors (Lipinski definition) is 3. The molecule has 0 bridgehead atoms. The van der Waals surface area contributed by atoms with Gasteiger partial charge in [-0.1, -0.05) is 55.3 Å². The molecule has 1 amide bonds. The Labute approximate surface area is 160 Å². The monoisotopic (exact) mass is 368 g/mol. The van der Waals surface area contributed by atoms with Crippen molar-refractivity contribution < 1.29 is 9.53 Å². The molecule has 3 rings (SSSR count). The Kier molecular flexibility index (Phi) is 6.61. The first kappa shape index (κ1) is 18.4. The zero-order valence-corrected chi connectivity index (χ0v) is 15.6. The van der Waals surface area contributed by atoms with Crippen LogP contribution in [0.2, 0.25) is 0 Å². The molecule has 136 valence electrons. The molecular formula is C21H24N2O2S. The van der Waals surface area contributed by atoms with Crippen LogP contribution in [0.15, 0.2) is 54.6 Å². The van der Waals surface area contributed by atoms with E-state index in [-0.39, 0.29) is 5.91 Å². The maximum absolute atomic E-state index is 12.6. The summed E-state index contributed by atoms with van der Waals surface area (Å²) in [5.41, 5.74) is 1.70. The second-order valence-corrected chi connectivity index (χ2v) is 6.90. The summed E-state index contributed by atoms with van der Waals surface area (Å²) in [6.07, 6.45) is 5.43. The van der Waals surface area contributed by atoms with Gasteiger partial charge in [0, 0.05) is 12.5 Å². The lowest BCUT2D eigenvalue weighted by Crippen LogP contribution is -2.43. The van der Waals surface area contributed by atoms with E-state index in [9.17, 15) is 4.79 Å². The predicted octanol–water partition coefficient (Wildman–Crippen LogP) is 3.86. The van der Waals surface area contributed by atoms with E-state index in [1.807, 2.05) is 36.4 Å². The van der Waals surface area contributed by atoms with Crippen molar-refractivity contribution >= 4 is 23.2 Å².